The number of hydrogen-bond acceptors (Lipinski definition) is 4. The third kappa shape index (κ3) is 6.26. The Morgan fingerprint density at radius 3 is 2.73 bits per heavy atom. The number of likely N-dealkylation sites (tertiary alicyclic amines) is 1. The highest BCUT2D eigenvalue weighted by molar-refractivity contribution is 5.98. The number of carbonyl (C=O) groups excluding carboxylic acids is 1. The van der Waals surface area contributed by atoms with Crippen LogP contribution >= 0.6 is 0 Å². The Balaban J connectivity index is 1.30. The molecule has 3 aromatic rings. The molecular formula is C28H34N2O3. The number of amides is 1. The Morgan fingerprint density at radius 1 is 1.03 bits per heavy atom. The molecule has 3 aromatic carbocycles. The fourth-order valence-electron chi connectivity index (χ4n) is 4.47. The van der Waals surface area contributed by atoms with Gasteiger partial charge in [-0.3, -0.25) is 4.79 Å². The summed E-state index contributed by atoms with van der Waals surface area (Å²) in [5.74, 6) is 1.57. The maximum atomic E-state index is 12.6. The van der Waals surface area contributed by atoms with Crippen molar-refractivity contribution in [3.05, 3.63) is 71.8 Å². The minimum Gasteiger partial charge on any atom is -0.497 e. The van der Waals surface area contributed by atoms with Crippen LogP contribution in [0.2, 0.25) is 0 Å². The van der Waals surface area contributed by atoms with Crippen LogP contribution in [-0.2, 0) is 6.54 Å². The van der Waals surface area contributed by atoms with Crippen LogP contribution in [0.5, 0.6) is 11.5 Å². The standard InChI is InChI=1S/C28H34N2O3/c1-21-7-3-4-14-30(21)15-6-16-33-27-13-12-23-18-25(11-10-24(23)19-27)28(31)29-20-22-8-5-9-26(17-22)32-2/h5,8-13,17-19,21H,3-4,6-7,14-16,20H2,1-2H3,(H,29,31). The lowest BCUT2D eigenvalue weighted by Crippen LogP contribution is -2.38. The van der Waals surface area contributed by atoms with Crippen LogP contribution in [0.3, 0.4) is 0 Å². The zero-order valence-electron chi connectivity index (χ0n) is 19.7. The number of piperidine rings is 1. The summed E-state index contributed by atoms with van der Waals surface area (Å²) < 4.78 is 11.3. The van der Waals surface area contributed by atoms with E-state index < -0.39 is 0 Å². The lowest BCUT2D eigenvalue weighted by molar-refractivity contribution is 0.0951. The van der Waals surface area contributed by atoms with Gasteiger partial charge in [0.25, 0.3) is 5.91 Å². The monoisotopic (exact) mass is 446 g/mol. The first kappa shape index (κ1) is 23.1. The summed E-state index contributed by atoms with van der Waals surface area (Å²) in [5.41, 5.74) is 1.65. The van der Waals surface area contributed by atoms with E-state index in [-0.39, 0.29) is 5.91 Å². The molecule has 1 aliphatic heterocycles. The average molecular weight is 447 g/mol. The van der Waals surface area contributed by atoms with E-state index in [2.05, 4.69) is 23.2 Å². The Kier molecular flexibility index (Phi) is 7.84. The van der Waals surface area contributed by atoms with E-state index in [1.54, 1.807) is 7.11 Å². The van der Waals surface area contributed by atoms with Crippen molar-refractivity contribution in [2.75, 3.05) is 26.8 Å². The fraction of sp³-hybridized carbons (Fsp3) is 0.393. The zero-order valence-corrected chi connectivity index (χ0v) is 19.7. The van der Waals surface area contributed by atoms with Crippen molar-refractivity contribution in [1.29, 1.82) is 0 Å². The number of benzene rings is 3. The first-order valence-electron chi connectivity index (χ1n) is 11.9. The normalized spacial score (nSPS) is 16.5. The number of nitrogens with zero attached hydrogens (tertiary/aromatic N) is 1. The summed E-state index contributed by atoms with van der Waals surface area (Å²) in [5, 5.41) is 5.08. The summed E-state index contributed by atoms with van der Waals surface area (Å²) >= 11 is 0. The van der Waals surface area contributed by atoms with Crippen LogP contribution in [0, 0.1) is 0 Å². The predicted molar refractivity (Wildman–Crippen MR) is 133 cm³/mol. The molecular weight excluding hydrogens is 412 g/mol. The van der Waals surface area contributed by atoms with E-state index in [1.165, 1.54) is 25.8 Å². The van der Waals surface area contributed by atoms with Gasteiger partial charge < -0.3 is 19.7 Å². The molecule has 0 aromatic heterocycles. The molecule has 4 rings (SSSR count). The van der Waals surface area contributed by atoms with Crippen molar-refractivity contribution < 1.29 is 14.3 Å². The molecule has 1 saturated heterocycles. The van der Waals surface area contributed by atoms with Gasteiger partial charge in [0.1, 0.15) is 11.5 Å². The highest BCUT2D eigenvalue weighted by Crippen LogP contribution is 2.23. The molecule has 0 spiro atoms. The number of rotatable bonds is 9. The van der Waals surface area contributed by atoms with E-state index in [0.29, 0.717) is 18.2 Å². The van der Waals surface area contributed by atoms with E-state index in [0.717, 1.165) is 47.4 Å². The van der Waals surface area contributed by atoms with Crippen LogP contribution in [0.25, 0.3) is 10.8 Å². The number of fused-ring (bicyclic) bond motifs is 1. The van der Waals surface area contributed by atoms with Crippen molar-refractivity contribution in [3.8, 4) is 11.5 Å². The molecule has 1 aliphatic rings. The minimum absolute atomic E-state index is 0.0908. The summed E-state index contributed by atoms with van der Waals surface area (Å²) in [4.78, 5) is 15.2. The van der Waals surface area contributed by atoms with Crippen LogP contribution < -0.4 is 14.8 Å². The maximum Gasteiger partial charge on any atom is 0.251 e. The molecule has 5 heteroatoms. The van der Waals surface area contributed by atoms with Crippen molar-refractivity contribution in [2.24, 2.45) is 0 Å². The highest BCUT2D eigenvalue weighted by atomic mass is 16.5. The first-order chi connectivity index (χ1) is 16.1. The molecule has 1 N–H and O–H groups in total. The lowest BCUT2D eigenvalue weighted by Gasteiger charge is -2.33. The molecule has 174 valence electrons. The molecule has 1 fully saturated rings. The van der Waals surface area contributed by atoms with Crippen molar-refractivity contribution in [3.63, 3.8) is 0 Å². The Hall–Kier alpha value is -3.05. The molecule has 1 heterocycles. The topological polar surface area (TPSA) is 50.8 Å². The molecule has 0 bridgehead atoms. The van der Waals surface area contributed by atoms with Crippen LogP contribution in [0.1, 0.15) is 48.5 Å². The van der Waals surface area contributed by atoms with Crippen LogP contribution in [-0.4, -0.2) is 43.7 Å². The number of carbonyl (C=O) groups is 1. The quantitative estimate of drug-likeness (QED) is 0.446. The SMILES string of the molecule is COc1cccc(CNC(=O)c2ccc3cc(OCCCN4CCCCC4C)ccc3c2)c1. The van der Waals surface area contributed by atoms with E-state index in [1.807, 2.05) is 54.6 Å². The van der Waals surface area contributed by atoms with Gasteiger partial charge in [0.15, 0.2) is 0 Å². The lowest BCUT2D eigenvalue weighted by atomic mass is 10.0. The van der Waals surface area contributed by atoms with Crippen LogP contribution in [0.4, 0.5) is 0 Å². The number of methoxy groups -OCH3 is 1. The molecule has 33 heavy (non-hydrogen) atoms. The second-order valence-corrected chi connectivity index (χ2v) is 8.84. The first-order valence-corrected chi connectivity index (χ1v) is 11.9. The number of nitrogens with one attached hydrogen (secondary N) is 1. The van der Waals surface area contributed by atoms with Gasteiger partial charge in [0, 0.05) is 24.7 Å². The molecule has 0 radical (unpaired) electrons. The summed E-state index contributed by atoms with van der Waals surface area (Å²) in [6.45, 7) is 5.82. The van der Waals surface area contributed by atoms with Crippen molar-refractivity contribution in [1.82, 2.24) is 10.2 Å². The van der Waals surface area contributed by atoms with E-state index >= 15 is 0 Å². The number of ether oxygens (including phenoxy) is 2. The fourth-order valence-corrected chi connectivity index (χ4v) is 4.47. The summed E-state index contributed by atoms with van der Waals surface area (Å²) in [7, 11) is 1.64. The molecule has 1 unspecified atom stereocenters. The molecule has 0 aliphatic carbocycles. The third-order valence-corrected chi connectivity index (χ3v) is 6.46. The van der Waals surface area contributed by atoms with E-state index in [4.69, 9.17) is 9.47 Å². The third-order valence-electron chi connectivity index (χ3n) is 6.46. The molecule has 5 nitrogen and oxygen atoms in total. The van der Waals surface area contributed by atoms with Gasteiger partial charge in [0.2, 0.25) is 0 Å². The maximum absolute atomic E-state index is 12.6. The molecule has 1 atom stereocenters. The zero-order chi connectivity index (χ0) is 23.0. The second-order valence-electron chi connectivity index (χ2n) is 8.84. The van der Waals surface area contributed by atoms with E-state index in [9.17, 15) is 4.79 Å². The Labute approximate surface area is 196 Å². The Bertz CT molecular complexity index is 1080. The van der Waals surface area contributed by atoms with Gasteiger partial charge in [-0.1, -0.05) is 30.7 Å². The second kappa shape index (κ2) is 11.2. The largest absolute Gasteiger partial charge is 0.497 e. The number of hydrogen-bond donors (Lipinski definition) is 1. The van der Waals surface area contributed by atoms with Gasteiger partial charge in [-0.05, 0) is 85.5 Å². The summed E-state index contributed by atoms with van der Waals surface area (Å²) in [6, 6.07) is 20.2. The van der Waals surface area contributed by atoms with Gasteiger partial charge in [-0.15, -0.1) is 0 Å². The van der Waals surface area contributed by atoms with Crippen LogP contribution in [0.15, 0.2) is 60.7 Å². The van der Waals surface area contributed by atoms with Crippen molar-refractivity contribution in [2.45, 2.75) is 45.2 Å². The van der Waals surface area contributed by atoms with Crippen molar-refractivity contribution >= 4 is 16.7 Å². The average Bonchev–Trinajstić information content (AvgIpc) is 2.86. The highest BCUT2D eigenvalue weighted by Gasteiger charge is 2.17. The van der Waals surface area contributed by atoms with Gasteiger partial charge in [-0.2, -0.15) is 0 Å². The Morgan fingerprint density at radius 2 is 1.88 bits per heavy atom. The molecule has 1 amide bonds. The molecule has 0 saturated carbocycles. The van der Waals surface area contributed by atoms with Gasteiger partial charge in [0.05, 0.1) is 13.7 Å². The minimum atomic E-state index is -0.0908. The smallest absolute Gasteiger partial charge is 0.251 e. The van der Waals surface area contributed by atoms with Gasteiger partial charge >= 0.3 is 0 Å². The predicted octanol–water partition coefficient (Wildman–Crippen LogP) is 5.42. The van der Waals surface area contributed by atoms with Gasteiger partial charge in [-0.25, -0.2) is 0 Å². The summed E-state index contributed by atoms with van der Waals surface area (Å²) in [6.07, 6.45) is 5.02.